The molecule has 1 fully saturated rings. The summed E-state index contributed by atoms with van der Waals surface area (Å²) in [6.45, 7) is 4.29. The maximum absolute atomic E-state index is 11.3. The van der Waals surface area contributed by atoms with Gasteiger partial charge >= 0.3 is 0 Å². The minimum atomic E-state index is -0.742. The molecule has 0 spiro atoms. The van der Waals surface area contributed by atoms with E-state index in [2.05, 4.69) is 0 Å². The highest BCUT2D eigenvalue weighted by molar-refractivity contribution is 5.65. The van der Waals surface area contributed by atoms with Crippen molar-refractivity contribution in [3.05, 3.63) is 33.9 Å². The molecule has 0 saturated carbocycles. The summed E-state index contributed by atoms with van der Waals surface area (Å²) in [4.78, 5) is 12.7. The van der Waals surface area contributed by atoms with Crippen LogP contribution in [-0.2, 0) is 0 Å². The summed E-state index contributed by atoms with van der Waals surface area (Å²) in [5.74, 6) is 0.302. The van der Waals surface area contributed by atoms with Crippen molar-refractivity contribution in [1.29, 1.82) is 0 Å². The van der Waals surface area contributed by atoms with Crippen LogP contribution >= 0.6 is 0 Å². The van der Waals surface area contributed by atoms with Crippen LogP contribution in [0.25, 0.3) is 0 Å². The van der Waals surface area contributed by atoms with E-state index in [-0.39, 0.29) is 18.3 Å². The number of rotatable bonds is 4. The standard InChI is InChI=1S/C14H20N2O4/c1-9-5-6-15(14(9)8-17)12-4-3-11(10(2)18)7-13(12)16(19)20/h3-4,7,9-10,14,17-18H,5-6,8H2,1-2H3. The second-order valence-corrected chi connectivity index (χ2v) is 5.39. The Labute approximate surface area is 117 Å². The van der Waals surface area contributed by atoms with Gasteiger partial charge in [0.25, 0.3) is 5.69 Å². The normalized spacial score (nSPS) is 23.9. The van der Waals surface area contributed by atoms with Crippen molar-refractivity contribution < 1.29 is 15.1 Å². The van der Waals surface area contributed by atoms with Crippen LogP contribution in [0.4, 0.5) is 11.4 Å². The highest BCUT2D eigenvalue weighted by Gasteiger charge is 2.34. The van der Waals surface area contributed by atoms with Gasteiger partial charge in [-0.3, -0.25) is 10.1 Å². The lowest BCUT2D eigenvalue weighted by atomic mass is 10.0. The number of nitro benzene ring substituents is 1. The van der Waals surface area contributed by atoms with E-state index >= 15 is 0 Å². The predicted molar refractivity (Wildman–Crippen MR) is 75.7 cm³/mol. The van der Waals surface area contributed by atoms with Crippen LogP contribution < -0.4 is 4.90 Å². The van der Waals surface area contributed by atoms with Crippen molar-refractivity contribution in [3.63, 3.8) is 0 Å². The summed E-state index contributed by atoms with van der Waals surface area (Å²) in [6, 6.07) is 4.69. The Balaban J connectivity index is 2.43. The number of hydrogen-bond acceptors (Lipinski definition) is 5. The van der Waals surface area contributed by atoms with Crippen LogP contribution in [0.15, 0.2) is 18.2 Å². The Morgan fingerprint density at radius 1 is 1.55 bits per heavy atom. The Morgan fingerprint density at radius 3 is 2.80 bits per heavy atom. The molecular weight excluding hydrogens is 260 g/mol. The quantitative estimate of drug-likeness (QED) is 0.649. The molecule has 0 aromatic heterocycles. The van der Waals surface area contributed by atoms with Gasteiger partial charge in [-0.2, -0.15) is 0 Å². The van der Waals surface area contributed by atoms with Crippen molar-refractivity contribution in [2.45, 2.75) is 32.4 Å². The predicted octanol–water partition coefficient (Wildman–Crippen LogP) is 1.86. The van der Waals surface area contributed by atoms with Gasteiger partial charge in [0, 0.05) is 12.6 Å². The highest BCUT2D eigenvalue weighted by Crippen LogP contribution is 2.37. The SMILES string of the molecule is CC(O)c1ccc(N2CCC(C)C2CO)c([N+](=O)[O-])c1. The van der Waals surface area contributed by atoms with E-state index in [1.165, 1.54) is 6.07 Å². The average molecular weight is 280 g/mol. The molecule has 1 aliphatic heterocycles. The summed E-state index contributed by atoms with van der Waals surface area (Å²) < 4.78 is 0. The Kier molecular flexibility index (Phi) is 4.25. The molecule has 1 saturated heterocycles. The van der Waals surface area contributed by atoms with Crippen LogP contribution in [-0.4, -0.2) is 34.3 Å². The summed E-state index contributed by atoms with van der Waals surface area (Å²) >= 11 is 0. The third-order valence-electron chi connectivity index (χ3n) is 4.06. The summed E-state index contributed by atoms with van der Waals surface area (Å²) in [6.07, 6.45) is 0.162. The van der Waals surface area contributed by atoms with E-state index < -0.39 is 11.0 Å². The van der Waals surface area contributed by atoms with Gasteiger partial charge in [-0.25, -0.2) is 0 Å². The molecule has 0 amide bonds. The second kappa shape index (κ2) is 5.76. The van der Waals surface area contributed by atoms with Gasteiger partial charge in [0.05, 0.1) is 23.7 Å². The highest BCUT2D eigenvalue weighted by atomic mass is 16.6. The van der Waals surface area contributed by atoms with E-state index in [4.69, 9.17) is 0 Å². The molecule has 1 heterocycles. The van der Waals surface area contributed by atoms with E-state index in [0.717, 1.165) is 6.42 Å². The third-order valence-corrected chi connectivity index (χ3v) is 4.06. The lowest BCUT2D eigenvalue weighted by Gasteiger charge is -2.27. The van der Waals surface area contributed by atoms with Crippen LogP contribution in [0, 0.1) is 16.0 Å². The zero-order valence-electron chi connectivity index (χ0n) is 11.7. The van der Waals surface area contributed by atoms with Crippen molar-refractivity contribution in [1.82, 2.24) is 0 Å². The molecule has 20 heavy (non-hydrogen) atoms. The van der Waals surface area contributed by atoms with Gasteiger partial charge < -0.3 is 15.1 Å². The van der Waals surface area contributed by atoms with Crippen molar-refractivity contribution in [3.8, 4) is 0 Å². The summed E-state index contributed by atoms with van der Waals surface area (Å²) in [5.41, 5.74) is 1.02. The fraction of sp³-hybridized carbons (Fsp3) is 0.571. The zero-order valence-corrected chi connectivity index (χ0v) is 11.7. The number of nitro groups is 1. The molecule has 0 aliphatic carbocycles. The maximum Gasteiger partial charge on any atom is 0.292 e. The minimum Gasteiger partial charge on any atom is -0.394 e. The maximum atomic E-state index is 11.3. The lowest BCUT2D eigenvalue weighted by Crippen LogP contribution is -2.35. The average Bonchev–Trinajstić information content (AvgIpc) is 2.78. The first kappa shape index (κ1) is 14.7. The van der Waals surface area contributed by atoms with Crippen LogP contribution in [0.1, 0.15) is 31.9 Å². The largest absolute Gasteiger partial charge is 0.394 e. The first-order valence-corrected chi connectivity index (χ1v) is 6.79. The molecule has 3 atom stereocenters. The lowest BCUT2D eigenvalue weighted by molar-refractivity contribution is -0.384. The molecule has 6 nitrogen and oxygen atoms in total. The van der Waals surface area contributed by atoms with Crippen molar-refractivity contribution in [2.75, 3.05) is 18.1 Å². The Hall–Kier alpha value is -1.66. The molecule has 0 radical (unpaired) electrons. The number of nitrogens with zero attached hydrogens (tertiary/aromatic N) is 2. The molecule has 3 unspecified atom stereocenters. The molecule has 2 rings (SSSR count). The van der Waals surface area contributed by atoms with Crippen LogP contribution in [0.2, 0.25) is 0 Å². The van der Waals surface area contributed by atoms with Crippen LogP contribution in [0.5, 0.6) is 0 Å². The molecule has 2 N–H and O–H groups in total. The van der Waals surface area contributed by atoms with Gasteiger partial charge in [0.1, 0.15) is 5.69 Å². The number of hydrogen-bond donors (Lipinski definition) is 2. The van der Waals surface area contributed by atoms with Crippen molar-refractivity contribution >= 4 is 11.4 Å². The monoisotopic (exact) mass is 280 g/mol. The molecule has 1 aliphatic rings. The zero-order chi connectivity index (χ0) is 14.9. The summed E-state index contributed by atoms with van der Waals surface area (Å²) in [5, 5.41) is 30.3. The third kappa shape index (κ3) is 2.62. The van der Waals surface area contributed by atoms with Gasteiger partial charge in [0.2, 0.25) is 0 Å². The minimum absolute atomic E-state index is 0.0174. The smallest absolute Gasteiger partial charge is 0.292 e. The van der Waals surface area contributed by atoms with E-state index in [1.54, 1.807) is 19.1 Å². The second-order valence-electron chi connectivity index (χ2n) is 5.39. The van der Waals surface area contributed by atoms with E-state index in [9.17, 15) is 20.3 Å². The molecule has 1 aromatic rings. The number of anilines is 1. The molecule has 110 valence electrons. The van der Waals surface area contributed by atoms with Crippen molar-refractivity contribution in [2.24, 2.45) is 5.92 Å². The molecule has 6 heteroatoms. The Morgan fingerprint density at radius 2 is 2.25 bits per heavy atom. The summed E-state index contributed by atoms with van der Waals surface area (Å²) in [7, 11) is 0. The number of benzene rings is 1. The fourth-order valence-corrected chi connectivity index (χ4v) is 2.78. The first-order valence-electron chi connectivity index (χ1n) is 6.79. The van der Waals surface area contributed by atoms with E-state index in [1.807, 2.05) is 11.8 Å². The van der Waals surface area contributed by atoms with E-state index in [0.29, 0.717) is 23.7 Å². The van der Waals surface area contributed by atoms with Crippen LogP contribution in [0.3, 0.4) is 0 Å². The topological polar surface area (TPSA) is 86.8 Å². The van der Waals surface area contributed by atoms with Gasteiger partial charge in [-0.1, -0.05) is 13.0 Å². The molecular formula is C14H20N2O4. The first-order chi connectivity index (χ1) is 9.45. The molecule has 1 aromatic carbocycles. The van der Waals surface area contributed by atoms with Gasteiger partial charge in [-0.05, 0) is 30.9 Å². The number of aliphatic hydroxyl groups is 2. The van der Waals surface area contributed by atoms with Gasteiger partial charge in [-0.15, -0.1) is 0 Å². The Bertz CT molecular complexity index is 504. The number of aliphatic hydroxyl groups excluding tert-OH is 2. The molecule has 0 bridgehead atoms. The fourth-order valence-electron chi connectivity index (χ4n) is 2.78. The van der Waals surface area contributed by atoms with Gasteiger partial charge in [0.15, 0.2) is 0 Å².